The van der Waals surface area contributed by atoms with Crippen LogP contribution in [0, 0.1) is 11.2 Å². The first kappa shape index (κ1) is 16.8. The van der Waals surface area contributed by atoms with Crippen LogP contribution in [0.1, 0.15) is 43.5 Å². The van der Waals surface area contributed by atoms with E-state index in [0.717, 1.165) is 4.90 Å². The number of likely N-dealkylation sites (tertiary alicyclic amines) is 1. The molecule has 6 heteroatoms. The number of hydrogen-bond donors (Lipinski definition) is 0. The molecule has 1 fully saturated rings. The average Bonchev–Trinajstić information content (AvgIpc) is 2.35. The molecule has 0 aromatic heterocycles. The SMILES string of the molecule is CC1(C)CC(=O)N(CCC(=O)c2ccc(Br)cc2F)C(=O)C1. The summed E-state index contributed by atoms with van der Waals surface area (Å²) in [6.07, 6.45) is 0.482. The monoisotopic (exact) mass is 369 g/mol. The normalized spacial score (nSPS) is 17.7. The van der Waals surface area contributed by atoms with Gasteiger partial charge in [0.15, 0.2) is 5.78 Å². The van der Waals surface area contributed by atoms with E-state index < -0.39 is 11.6 Å². The molecule has 22 heavy (non-hydrogen) atoms. The molecule has 0 unspecified atom stereocenters. The molecular weight excluding hydrogens is 353 g/mol. The Morgan fingerprint density at radius 3 is 2.41 bits per heavy atom. The fourth-order valence-corrected chi connectivity index (χ4v) is 2.86. The van der Waals surface area contributed by atoms with Gasteiger partial charge in [-0.3, -0.25) is 19.3 Å². The molecule has 0 radical (unpaired) electrons. The van der Waals surface area contributed by atoms with Crippen molar-refractivity contribution in [1.82, 2.24) is 4.90 Å². The van der Waals surface area contributed by atoms with E-state index in [2.05, 4.69) is 15.9 Å². The van der Waals surface area contributed by atoms with Crippen LogP contribution in [-0.4, -0.2) is 29.0 Å². The first-order valence-electron chi connectivity index (χ1n) is 7.01. The van der Waals surface area contributed by atoms with E-state index in [1.165, 1.54) is 12.1 Å². The number of carbonyl (C=O) groups is 3. The zero-order valence-electron chi connectivity index (χ0n) is 12.5. The lowest BCUT2D eigenvalue weighted by molar-refractivity contribution is -0.152. The number of carbonyl (C=O) groups excluding carboxylic acids is 3. The zero-order valence-corrected chi connectivity index (χ0v) is 14.1. The van der Waals surface area contributed by atoms with Crippen LogP contribution in [0.25, 0.3) is 0 Å². The molecule has 0 aliphatic carbocycles. The van der Waals surface area contributed by atoms with Gasteiger partial charge in [0.2, 0.25) is 11.8 Å². The molecule has 1 aliphatic rings. The van der Waals surface area contributed by atoms with Crippen LogP contribution in [-0.2, 0) is 9.59 Å². The van der Waals surface area contributed by atoms with Crippen molar-refractivity contribution in [3.63, 3.8) is 0 Å². The van der Waals surface area contributed by atoms with Crippen LogP contribution in [0.3, 0.4) is 0 Å². The topological polar surface area (TPSA) is 54.5 Å². The first-order valence-corrected chi connectivity index (χ1v) is 7.80. The van der Waals surface area contributed by atoms with E-state index in [-0.39, 0.29) is 48.6 Å². The van der Waals surface area contributed by atoms with Gasteiger partial charge in [0.25, 0.3) is 0 Å². The molecule has 4 nitrogen and oxygen atoms in total. The molecule has 2 rings (SSSR count). The van der Waals surface area contributed by atoms with Crippen molar-refractivity contribution in [2.75, 3.05) is 6.54 Å². The Morgan fingerprint density at radius 2 is 1.86 bits per heavy atom. The molecule has 0 atom stereocenters. The maximum absolute atomic E-state index is 13.7. The van der Waals surface area contributed by atoms with Crippen LogP contribution in [0.15, 0.2) is 22.7 Å². The molecule has 1 aromatic carbocycles. The summed E-state index contributed by atoms with van der Waals surface area (Å²) in [5, 5.41) is 0. The quantitative estimate of drug-likeness (QED) is 0.604. The summed E-state index contributed by atoms with van der Waals surface area (Å²) in [6, 6.07) is 4.19. The lowest BCUT2D eigenvalue weighted by Gasteiger charge is -2.34. The predicted molar refractivity (Wildman–Crippen MR) is 82.8 cm³/mol. The third-order valence-electron chi connectivity index (χ3n) is 3.66. The highest BCUT2D eigenvalue weighted by Gasteiger charge is 2.37. The molecule has 1 aliphatic heterocycles. The molecule has 2 amide bonds. The minimum absolute atomic E-state index is 0.00207. The van der Waals surface area contributed by atoms with E-state index in [1.807, 2.05) is 13.8 Å². The molecule has 1 aromatic rings. The summed E-state index contributed by atoms with van der Waals surface area (Å²) >= 11 is 3.12. The van der Waals surface area contributed by atoms with Gasteiger partial charge in [-0.2, -0.15) is 0 Å². The highest BCUT2D eigenvalue weighted by atomic mass is 79.9. The number of rotatable bonds is 4. The number of nitrogens with zero attached hydrogens (tertiary/aromatic N) is 1. The van der Waals surface area contributed by atoms with Crippen molar-refractivity contribution >= 4 is 33.5 Å². The van der Waals surface area contributed by atoms with E-state index in [9.17, 15) is 18.8 Å². The third-order valence-corrected chi connectivity index (χ3v) is 4.15. The molecule has 0 spiro atoms. The fraction of sp³-hybridized carbons (Fsp3) is 0.438. The third kappa shape index (κ3) is 3.80. The highest BCUT2D eigenvalue weighted by Crippen LogP contribution is 2.31. The minimum atomic E-state index is -0.614. The van der Waals surface area contributed by atoms with E-state index in [4.69, 9.17) is 0 Å². The van der Waals surface area contributed by atoms with Gasteiger partial charge in [-0.25, -0.2) is 4.39 Å². The maximum atomic E-state index is 13.7. The average molecular weight is 370 g/mol. The van der Waals surface area contributed by atoms with Crippen molar-refractivity contribution < 1.29 is 18.8 Å². The van der Waals surface area contributed by atoms with Crippen LogP contribution >= 0.6 is 15.9 Å². The van der Waals surface area contributed by atoms with Gasteiger partial charge >= 0.3 is 0 Å². The largest absolute Gasteiger partial charge is 0.294 e. The summed E-state index contributed by atoms with van der Waals surface area (Å²) in [5.41, 5.74) is -0.368. The molecule has 0 N–H and O–H groups in total. The van der Waals surface area contributed by atoms with Gasteiger partial charge in [0.05, 0.1) is 5.56 Å². The summed E-state index contributed by atoms with van der Waals surface area (Å²) in [7, 11) is 0. The van der Waals surface area contributed by atoms with E-state index >= 15 is 0 Å². The lowest BCUT2D eigenvalue weighted by Crippen LogP contribution is -2.46. The summed E-state index contributed by atoms with van der Waals surface area (Å²) in [4.78, 5) is 37.2. The van der Waals surface area contributed by atoms with Gasteiger partial charge in [0.1, 0.15) is 5.82 Å². The fourth-order valence-electron chi connectivity index (χ4n) is 2.52. The number of halogens is 2. The Balaban J connectivity index is 2.02. The van der Waals surface area contributed by atoms with Crippen LogP contribution in [0.4, 0.5) is 4.39 Å². The van der Waals surface area contributed by atoms with Gasteiger partial charge < -0.3 is 0 Å². The Labute approximate surface area is 136 Å². The number of piperidine rings is 1. The Morgan fingerprint density at radius 1 is 1.27 bits per heavy atom. The van der Waals surface area contributed by atoms with Crippen LogP contribution in [0.5, 0.6) is 0 Å². The van der Waals surface area contributed by atoms with Crippen molar-refractivity contribution in [2.24, 2.45) is 5.41 Å². The smallest absolute Gasteiger partial charge is 0.229 e. The second-order valence-electron chi connectivity index (χ2n) is 6.25. The Bertz CT molecular complexity index is 622. The molecule has 0 bridgehead atoms. The van der Waals surface area contributed by atoms with Crippen molar-refractivity contribution in [3.05, 3.63) is 34.1 Å². The lowest BCUT2D eigenvalue weighted by atomic mass is 9.81. The minimum Gasteiger partial charge on any atom is -0.294 e. The van der Waals surface area contributed by atoms with Gasteiger partial charge in [-0.15, -0.1) is 0 Å². The van der Waals surface area contributed by atoms with Crippen LogP contribution in [0.2, 0.25) is 0 Å². The number of benzene rings is 1. The summed E-state index contributed by atoms with van der Waals surface area (Å²) in [6.45, 7) is 3.73. The van der Waals surface area contributed by atoms with E-state index in [0.29, 0.717) is 4.47 Å². The van der Waals surface area contributed by atoms with Gasteiger partial charge in [0, 0.05) is 30.3 Å². The number of amides is 2. The number of imide groups is 1. The summed E-state index contributed by atoms with van der Waals surface area (Å²) in [5.74, 6) is -1.58. The van der Waals surface area contributed by atoms with Gasteiger partial charge in [-0.05, 0) is 23.6 Å². The van der Waals surface area contributed by atoms with Crippen LogP contribution < -0.4 is 0 Å². The number of ketones is 1. The maximum Gasteiger partial charge on any atom is 0.229 e. The predicted octanol–water partition coefficient (Wildman–Crippen LogP) is 3.34. The second kappa shape index (κ2) is 6.28. The molecule has 1 saturated heterocycles. The highest BCUT2D eigenvalue weighted by molar-refractivity contribution is 9.10. The molecule has 118 valence electrons. The standard InChI is InChI=1S/C16H17BrFNO3/c1-16(2)8-14(21)19(15(22)9-16)6-5-13(20)11-4-3-10(17)7-12(11)18/h3-4,7H,5-6,8-9H2,1-2H3. The van der Waals surface area contributed by atoms with Crippen molar-refractivity contribution in [3.8, 4) is 0 Å². The zero-order chi connectivity index (χ0) is 16.5. The van der Waals surface area contributed by atoms with Gasteiger partial charge in [-0.1, -0.05) is 29.8 Å². The molecular formula is C16H17BrFNO3. The van der Waals surface area contributed by atoms with Crippen molar-refractivity contribution in [2.45, 2.75) is 33.1 Å². The first-order chi connectivity index (χ1) is 10.2. The molecule has 1 heterocycles. The second-order valence-corrected chi connectivity index (χ2v) is 7.17. The molecule has 0 saturated carbocycles. The van der Waals surface area contributed by atoms with E-state index in [1.54, 1.807) is 6.07 Å². The Kier molecular flexibility index (Phi) is 4.80. The Hall–Kier alpha value is -1.56. The number of hydrogen-bond acceptors (Lipinski definition) is 3. The van der Waals surface area contributed by atoms with Crippen molar-refractivity contribution in [1.29, 1.82) is 0 Å². The summed E-state index contributed by atoms with van der Waals surface area (Å²) < 4.78 is 14.3. The number of Topliss-reactive ketones (excluding diaryl/α,β-unsaturated/α-hetero) is 1.